The molecule has 0 saturated heterocycles. The van der Waals surface area contributed by atoms with Crippen LogP contribution in [0.3, 0.4) is 0 Å². The largest absolute Gasteiger partial charge is 0.444 e. The van der Waals surface area contributed by atoms with Gasteiger partial charge in [-0.25, -0.2) is 9.78 Å². The molecule has 0 spiro atoms. The fourth-order valence-corrected chi connectivity index (χ4v) is 4.32. The Morgan fingerprint density at radius 3 is 2.64 bits per heavy atom. The van der Waals surface area contributed by atoms with Crippen molar-refractivity contribution in [3.05, 3.63) is 69.5 Å². The second-order valence-corrected chi connectivity index (χ2v) is 10.3. The van der Waals surface area contributed by atoms with Gasteiger partial charge in [0.05, 0.1) is 12.1 Å². The number of alkyl carbamates (subject to hydrolysis) is 1. The van der Waals surface area contributed by atoms with Gasteiger partial charge in [-0.1, -0.05) is 48.0 Å². The number of carbonyl (C=O) groups excluding carboxylic acids is 1. The summed E-state index contributed by atoms with van der Waals surface area (Å²) in [5.74, 6) is 0.597. The minimum Gasteiger partial charge on any atom is -0.444 e. The van der Waals surface area contributed by atoms with Crippen LogP contribution in [0.4, 0.5) is 10.7 Å². The Morgan fingerprint density at radius 2 is 1.89 bits per heavy atom. The number of rotatable bonds is 8. The zero-order valence-corrected chi connectivity index (χ0v) is 21.8. The molecule has 0 aliphatic heterocycles. The van der Waals surface area contributed by atoms with Crippen molar-refractivity contribution in [2.24, 2.45) is 0 Å². The highest BCUT2D eigenvalue weighted by molar-refractivity contribution is 6.31. The normalized spacial score (nSPS) is 12.6. The summed E-state index contributed by atoms with van der Waals surface area (Å²) in [5, 5.41) is 7.77. The van der Waals surface area contributed by atoms with Crippen molar-refractivity contribution in [2.75, 3.05) is 11.9 Å². The molecule has 0 aliphatic carbocycles. The van der Waals surface area contributed by atoms with Crippen LogP contribution in [0.5, 0.6) is 0 Å². The van der Waals surface area contributed by atoms with Crippen LogP contribution in [-0.2, 0) is 11.3 Å². The molecule has 0 bridgehead atoms. The molecule has 0 aliphatic rings. The van der Waals surface area contributed by atoms with E-state index in [9.17, 15) is 9.59 Å². The second-order valence-electron chi connectivity index (χ2n) is 9.93. The molecule has 1 unspecified atom stereocenters. The first-order chi connectivity index (χ1) is 17.1. The fourth-order valence-electron chi connectivity index (χ4n) is 4.13. The van der Waals surface area contributed by atoms with E-state index in [1.807, 2.05) is 80.8 Å². The molecule has 8 nitrogen and oxygen atoms in total. The van der Waals surface area contributed by atoms with Crippen LogP contribution < -0.4 is 16.2 Å². The predicted molar refractivity (Wildman–Crippen MR) is 145 cm³/mol. The first-order valence-corrected chi connectivity index (χ1v) is 12.5. The molecule has 9 heteroatoms. The SMILES string of the molecule is CC(CCCNc1nc2c3ccccc3[nH]c(=O)c2n1Cc1ccccc1Cl)NC(=O)OC(C)(C)C. The third kappa shape index (κ3) is 5.99. The summed E-state index contributed by atoms with van der Waals surface area (Å²) in [5.41, 5.74) is 2.04. The number of ether oxygens (including phenoxy) is 1. The number of aromatic amines is 1. The number of nitrogens with one attached hydrogen (secondary N) is 3. The molecule has 0 radical (unpaired) electrons. The van der Waals surface area contributed by atoms with Gasteiger partial charge in [-0.05, 0) is 58.2 Å². The van der Waals surface area contributed by atoms with Crippen molar-refractivity contribution in [3.8, 4) is 0 Å². The summed E-state index contributed by atoms with van der Waals surface area (Å²) in [6.07, 6.45) is 1.11. The smallest absolute Gasteiger partial charge is 0.407 e. The molecule has 4 aromatic rings. The number of carbonyl (C=O) groups is 1. The molecule has 1 amide bonds. The number of aromatic nitrogens is 3. The van der Waals surface area contributed by atoms with Crippen LogP contribution >= 0.6 is 11.6 Å². The van der Waals surface area contributed by atoms with Gasteiger partial charge in [0.2, 0.25) is 5.95 Å². The van der Waals surface area contributed by atoms with Gasteiger partial charge in [0.15, 0.2) is 0 Å². The van der Waals surface area contributed by atoms with Crippen LogP contribution in [0, 0.1) is 0 Å². The summed E-state index contributed by atoms with van der Waals surface area (Å²) in [7, 11) is 0. The van der Waals surface area contributed by atoms with E-state index in [-0.39, 0.29) is 11.6 Å². The lowest BCUT2D eigenvalue weighted by Gasteiger charge is -2.22. The molecule has 1 atom stereocenters. The van der Waals surface area contributed by atoms with Gasteiger partial charge < -0.3 is 24.9 Å². The molecule has 36 heavy (non-hydrogen) atoms. The van der Waals surface area contributed by atoms with E-state index in [1.165, 1.54) is 0 Å². The number of para-hydroxylation sites is 1. The standard InChI is InChI=1S/C27H32ClN5O3/c1-17(30-26(35)36-27(2,3)4)10-9-15-29-25-32-22-19-12-6-8-14-21(19)31-24(34)23(22)33(25)16-18-11-5-7-13-20(18)28/h5-8,11-14,17H,9-10,15-16H2,1-4H3,(H,29,32)(H,30,35)(H,31,34). The number of hydrogen-bond acceptors (Lipinski definition) is 5. The van der Waals surface area contributed by atoms with Gasteiger partial charge in [0.25, 0.3) is 5.56 Å². The number of imidazole rings is 1. The van der Waals surface area contributed by atoms with Crippen LogP contribution in [0.1, 0.15) is 46.1 Å². The molecule has 2 aromatic carbocycles. The van der Waals surface area contributed by atoms with Crippen molar-refractivity contribution in [3.63, 3.8) is 0 Å². The first-order valence-electron chi connectivity index (χ1n) is 12.1. The third-order valence-corrected chi connectivity index (χ3v) is 6.13. The van der Waals surface area contributed by atoms with Crippen molar-refractivity contribution in [1.82, 2.24) is 19.9 Å². The van der Waals surface area contributed by atoms with Crippen LogP contribution in [-0.4, -0.2) is 38.8 Å². The van der Waals surface area contributed by atoms with Gasteiger partial charge >= 0.3 is 6.09 Å². The van der Waals surface area contributed by atoms with Gasteiger partial charge in [0.1, 0.15) is 16.6 Å². The molecule has 0 fully saturated rings. The quantitative estimate of drug-likeness (QED) is 0.265. The van der Waals surface area contributed by atoms with Gasteiger partial charge in [-0.15, -0.1) is 0 Å². The van der Waals surface area contributed by atoms with Crippen molar-refractivity contribution in [2.45, 2.75) is 58.7 Å². The Hall–Kier alpha value is -3.52. The predicted octanol–water partition coefficient (Wildman–Crippen LogP) is 5.68. The van der Waals surface area contributed by atoms with Crippen LogP contribution in [0.2, 0.25) is 5.02 Å². The average molecular weight is 510 g/mol. The maximum absolute atomic E-state index is 13.1. The Kier molecular flexibility index (Phi) is 7.54. The highest BCUT2D eigenvalue weighted by Crippen LogP contribution is 2.26. The number of hydrogen-bond donors (Lipinski definition) is 3. The number of anilines is 1. The summed E-state index contributed by atoms with van der Waals surface area (Å²) in [4.78, 5) is 32.9. The van der Waals surface area contributed by atoms with Crippen LogP contribution in [0.15, 0.2) is 53.3 Å². The van der Waals surface area contributed by atoms with E-state index in [1.54, 1.807) is 0 Å². The number of nitrogens with zero attached hydrogens (tertiary/aromatic N) is 2. The molecule has 190 valence electrons. The number of amides is 1. The van der Waals surface area contributed by atoms with Gasteiger partial charge in [-0.2, -0.15) is 0 Å². The van der Waals surface area contributed by atoms with Crippen molar-refractivity contribution < 1.29 is 9.53 Å². The number of fused-ring (bicyclic) bond motifs is 3. The monoisotopic (exact) mass is 509 g/mol. The lowest BCUT2D eigenvalue weighted by Crippen LogP contribution is -2.37. The topological polar surface area (TPSA) is 101 Å². The van der Waals surface area contributed by atoms with Crippen molar-refractivity contribution >= 4 is 45.6 Å². The molecule has 0 saturated carbocycles. The summed E-state index contributed by atoms with van der Waals surface area (Å²) in [6, 6.07) is 15.2. The maximum atomic E-state index is 13.1. The maximum Gasteiger partial charge on any atom is 0.407 e. The number of pyridine rings is 1. The summed E-state index contributed by atoms with van der Waals surface area (Å²) >= 11 is 6.44. The molecular weight excluding hydrogens is 478 g/mol. The molecular formula is C27H32ClN5O3. The number of halogens is 1. The lowest BCUT2D eigenvalue weighted by atomic mass is 10.2. The molecule has 2 aromatic heterocycles. The van der Waals surface area contributed by atoms with E-state index >= 15 is 0 Å². The Labute approximate surface area is 215 Å². The van der Waals surface area contributed by atoms with E-state index < -0.39 is 11.7 Å². The summed E-state index contributed by atoms with van der Waals surface area (Å²) in [6.45, 7) is 8.47. The third-order valence-electron chi connectivity index (χ3n) is 5.76. The molecule has 2 heterocycles. The first kappa shape index (κ1) is 25.6. The van der Waals surface area contributed by atoms with Crippen molar-refractivity contribution in [1.29, 1.82) is 0 Å². The number of benzene rings is 2. The minimum atomic E-state index is -0.534. The minimum absolute atomic E-state index is 0.0459. The van der Waals surface area contributed by atoms with E-state index in [0.717, 1.165) is 29.3 Å². The molecule has 3 N–H and O–H groups in total. The molecule has 4 rings (SSSR count). The highest BCUT2D eigenvalue weighted by atomic mass is 35.5. The zero-order valence-electron chi connectivity index (χ0n) is 21.0. The fraction of sp³-hybridized carbons (Fsp3) is 0.370. The Morgan fingerprint density at radius 1 is 1.17 bits per heavy atom. The van der Waals surface area contributed by atoms with Gasteiger partial charge in [0, 0.05) is 23.0 Å². The van der Waals surface area contributed by atoms with E-state index in [4.69, 9.17) is 21.3 Å². The second kappa shape index (κ2) is 10.6. The van der Waals surface area contributed by atoms with Gasteiger partial charge in [-0.3, -0.25) is 4.79 Å². The van der Waals surface area contributed by atoms with E-state index in [2.05, 4.69) is 15.6 Å². The zero-order chi connectivity index (χ0) is 25.9. The lowest BCUT2D eigenvalue weighted by molar-refractivity contribution is 0.0506. The van der Waals surface area contributed by atoms with Crippen LogP contribution in [0.25, 0.3) is 21.9 Å². The highest BCUT2D eigenvalue weighted by Gasteiger charge is 2.19. The van der Waals surface area contributed by atoms with E-state index in [0.29, 0.717) is 35.1 Å². The Balaban J connectivity index is 1.55. The average Bonchev–Trinajstić information content (AvgIpc) is 3.16. The number of H-pyrrole nitrogens is 1. The Bertz CT molecular complexity index is 1440. The summed E-state index contributed by atoms with van der Waals surface area (Å²) < 4.78 is 7.20.